The molecule has 0 saturated carbocycles. The van der Waals surface area contributed by atoms with Crippen molar-refractivity contribution >= 4 is 11.9 Å². The molecule has 2 rings (SSSR count). The number of carboxylic acids is 1. The second-order valence-electron chi connectivity index (χ2n) is 4.99. The van der Waals surface area contributed by atoms with E-state index in [4.69, 9.17) is 14.6 Å². The predicted octanol–water partition coefficient (Wildman–Crippen LogP) is 1.64. The van der Waals surface area contributed by atoms with Gasteiger partial charge in [0.25, 0.3) is 5.91 Å². The van der Waals surface area contributed by atoms with Crippen molar-refractivity contribution in [2.45, 2.75) is 12.8 Å². The van der Waals surface area contributed by atoms with Gasteiger partial charge in [-0.3, -0.25) is 9.59 Å². The summed E-state index contributed by atoms with van der Waals surface area (Å²) in [5, 5.41) is 9.10. The number of aliphatic carboxylic acids is 1. The molecule has 0 aliphatic carbocycles. The number of carbonyl (C=O) groups is 2. The smallest absolute Gasteiger partial charge is 0.308 e. The van der Waals surface area contributed by atoms with Crippen LogP contribution in [0.25, 0.3) is 0 Å². The largest absolute Gasteiger partial charge is 0.497 e. The lowest BCUT2D eigenvalue weighted by Crippen LogP contribution is -2.42. The van der Waals surface area contributed by atoms with E-state index in [1.165, 1.54) is 7.11 Å². The fourth-order valence-corrected chi connectivity index (χ4v) is 2.51. The summed E-state index contributed by atoms with van der Waals surface area (Å²) in [4.78, 5) is 25.2. The van der Waals surface area contributed by atoms with Gasteiger partial charge in [0.2, 0.25) is 0 Å². The second-order valence-corrected chi connectivity index (χ2v) is 4.99. The summed E-state index contributed by atoms with van der Waals surface area (Å²) in [5.74, 6) is -0.524. The van der Waals surface area contributed by atoms with Crippen molar-refractivity contribution in [1.82, 2.24) is 4.90 Å². The summed E-state index contributed by atoms with van der Waals surface area (Å²) in [6.45, 7) is 0.807. The van der Waals surface area contributed by atoms with E-state index in [1.807, 2.05) is 0 Å². The van der Waals surface area contributed by atoms with E-state index in [0.29, 0.717) is 36.4 Å². The van der Waals surface area contributed by atoms with Crippen LogP contribution in [-0.4, -0.2) is 49.2 Å². The lowest BCUT2D eigenvalue weighted by molar-refractivity contribution is -0.143. The highest BCUT2D eigenvalue weighted by Gasteiger charge is 2.29. The SMILES string of the molecule is COc1ccc(C(=O)N2CCC[C@@H](C(=O)O)C2)c(OC)c1. The zero-order chi connectivity index (χ0) is 15.4. The number of hydrogen-bond donors (Lipinski definition) is 1. The molecule has 1 saturated heterocycles. The Hall–Kier alpha value is -2.24. The van der Waals surface area contributed by atoms with E-state index in [0.717, 1.165) is 0 Å². The Morgan fingerprint density at radius 3 is 2.67 bits per heavy atom. The van der Waals surface area contributed by atoms with Crippen LogP contribution in [0.4, 0.5) is 0 Å². The molecule has 1 atom stereocenters. The Balaban J connectivity index is 2.21. The monoisotopic (exact) mass is 293 g/mol. The van der Waals surface area contributed by atoms with E-state index < -0.39 is 11.9 Å². The number of carboxylic acid groups (broad SMARTS) is 1. The van der Waals surface area contributed by atoms with Crippen LogP contribution in [0.1, 0.15) is 23.2 Å². The van der Waals surface area contributed by atoms with E-state index in [9.17, 15) is 9.59 Å². The highest BCUT2D eigenvalue weighted by Crippen LogP contribution is 2.27. The van der Waals surface area contributed by atoms with Gasteiger partial charge in [0.1, 0.15) is 11.5 Å². The van der Waals surface area contributed by atoms with Gasteiger partial charge in [-0.1, -0.05) is 0 Å². The van der Waals surface area contributed by atoms with E-state index in [-0.39, 0.29) is 12.5 Å². The first-order chi connectivity index (χ1) is 10.1. The quantitative estimate of drug-likeness (QED) is 0.913. The summed E-state index contributed by atoms with van der Waals surface area (Å²) in [6.07, 6.45) is 1.31. The topological polar surface area (TPSA) is 76.1 Å². The fourth-order valence-electron chi connectivity index (χ4n) is 2.51. The number of benzene rings is 1. The van der Waals surface area contributed by atoms with Crippen molar-refractivity contribution in [3.63, 3.8) is 0 Å². The Morgan fingerprint density at radius 1 is 1.29 bits per heavy atom. The first-order valence-corrected chi connectivity index (χ1v) is 6.81. The molecule has 1 N–H and O–H groups in total. The molecule has 114 valence electrons. The minimum absolute atomic E-state index is 0.208. The molecule has 21 heavy (non-hydrogen) atoms. The van der Waals surface area contributed by atoms with Crippen LogP contribution in [0.5, 0.6) is 11.5 Å². The van der Waals surface area contributed by atoms with Crippen LogP contribution in [0.3, 0.4) is 0 Å². The van der Waals surface area contributed by atoms with Crippen molar-refractivity contribution in [3.8, 4) is 11.5 Å². The highest BCUT2D eigenvalue weighted by atomic mass is 16.5. The number of amides is 1. The van der Waals surface area contributed by atoms with Crippen LogP contribution in [0, 0.1) is 5.92 Å². The Labute approximate surface area is 123 Å². The number of rotatable bonds is 4. The van der Waals surface area contributed by atoms with Gasteiger partial charge >= 0.3 is 5.97 Å². The van der Waals surface area contributed by atoms with Gasteiger partial charge in [0.15, 0.2) is 0 Å². The molecule has 0 radical (unpaired) electrons. The number of ether oxygens (including phenoxy) is 2. The van der Waals surface area contributed by atoms with Crippen LogP contribution < -0.4 is 9.47 Å². The van der Waals surface area contributed by atoms with Crippen molar-refractivity contribution < 1.29 is 24.2 Å². The number of methoxy groups -OCH3 is 2. The predicted molar refractivity (Wildman–Crippen MR) is 75.8 cm³/mol. The number of likely N-dealkylation sites (tertiary alicyclic amines) is 1. The van der Waals surface area contributed by atoms with Gasteiger partial charge in [-0.15, -0.1) is 0 Å². The van der Waals surface area contributed by atoms with Crippen molar-refractivity contribution in [2.24, 2.45) is 5.92 Å². The Bertz CT molecular complexity index is 543. The maximum Gasteiger partial charge on any atom is 0.308 e. The Kier molecular flexibility index (Phi) is 4.67. The summed E-state index contributed by atoms with van der Waals surface area (Å²) < 4.78 is 10.3. The van der Waals surface area contributed by atoms with Crippen molar-refractivity contribution in [2.75, 3.05) is 27.3 Å². The minimum atomic E-state index is -0.853. The van der Waals surface area contributed by atoms with Gasteiger partial charge in [0.05, 0.1) is 25.7 Å². The maximum atomic E-state index is 12.6. The molecule has 0 bridgehead atoms. The third-order valence-corrected chi connectivity index (χ3v) is 3.70. The average molecular weight is 293 g/mol. The van der Waals surface area contributed by atoms with Gasteiger partial charge in [-0.05, 0) is 25.0 Å². The summed E-state index contributed by atoms with van der Waals surface area (Å²) >= 11 is 0. The van der Waals surface area contributed by atoms with Gasteiger partial charge in [-0.2, -0.15) is 0 Å². The molecular formula is C15H19NO5. The molecule has 1 aromatic carbocycles. The second kappa shape index (κ2) is 6.47. The normalized spacial score (nSPS) is 18.2. The van der Waals surface area contributed by atoms with Crippen LogP contribution >= 0.6 is 0 Å². The number of nitrogens with zero attached hydrogens (tertiary/aromatic N) is 1. The first kappa shape index (κ1) is 15.2. The molecule has 6 nitrogen and oxygen atoms in total. The number of piperidine rings is 1. The third kappa shape index (κ3) is 3.26. The van der Waals surface area contributed by atoms with Crippen molar-refractivity contribution in [3.05, 3.63) is 23.8 Å². The molecule has 1 aromatic rings. The molecule has 0 aromatic heterocycles. The molecule has 0 spiro atoms. The van der Waals surface area contributed by atoms with Crippen LogP contribution in [0.2, 0.25) is 0 Å². The molecule has 1 aliphatic rings. The minimum Gasteiger partial charge on any atom is -0.497 e. The summed E-state index contributed by atoms with van der Waals surface area (Å²) in [5.41, 5.74) is 0.421. The van der Waals surface area contributed by atoms with E-state index in [1.54, 1.807) is 30.2 Å². The number of carbonyl (C=O) groups excluding carboxylic acids is 1. The number of hydrogen-bond acceptors (Lipinski definition) is 4. The van der Waals surface area contributed by atoms with E-state index >= 15 is 0 Å². The van der Waals surface area contributed by atoms with Crippen molar-refractivity contribution in [1.29, 1.82) is 0 Å². The molecule has 1 fully saturated rings. The molecule has 0 unspecified atom stereocenters. The lowest BCUT2D eigenvalue weighted by Gasteiger charge is -2.31. The zero-order valence-corrected chi connectivity index (χ0v) is 12.2. The first-order valence-electron chi connectivity index (χ1n) is 6.81. The standard InChI is InChI=1S/C15H19NO5/c1-20-11-5-6-12(13(8-11)21-2)14(17)16-7-3-4-10(9-16)15(18)19/h5-6,8,10H,3-4,7,9H2,1-2H3,(H,18,19)/t10-/m1/s1. The molecule has 1 amide bonds. The average Bonchev–Trinajstić information content (AvgIpc) is 2.53. The highest BCUT2D eigenvalue weighted by molar-refractivity contribution is 5.97. The molecule has 6 heteroatoms. The molecular weight excluding hydrogens is 274 g/mol. The van der Waals surface area contributed by atoms with Crippen LogP contribution in [0.15, 0.2) is 18.2 Å². The molecule has 1 heterocycles. The summed E-state index contributed by atoms with van der Waals surface area (Å²) in [6, 6.07) is 4.98. The van der Waals surface area contributed by atoms with Gasteiger partial charge < -0.3 is 19.5 Å². The fraction of sp³-hybridized carbons (Fsp3) is 0.467. The lowest BCUT2D eigenvalue weighted by atomic mass is 9.97. The molecule has 1 aliphatic heterocycles. The Morgan fingerprint density at radius 2 is 2.05 bits per heavy atom. The van der Waals surface area contributed by atoms with Gasteiger partial charge in [0, 0.05) is 19.2 Å². The third-order valence-electron chi connectivity index (χ3n) is 3.70. The van der Waals surface area contributed by atoms with E-state index in [2.05, 4.69) is 0 Å². The maximum absolute atomic E-state index is 12.6. The van der Waals surface area contributed by atoms with Gasteiger partial charge in [-0.25, -0.2) is 0 Å². The van der Waals surface area contributed by atoms with Crippen LogP contribution in [-0.2, 0) is 4.79 Å². The summed E-state index contributed by atoms with van der Waals surface area (Å²) in [7, 11) is 3.03. The zero-order valence-electron chi connectivity index (χ0n) is 12.2.